The summed E-state index contributed by atoms with van der Waals surface area (Å²) in [4.78, 5) is 39.9. The summed E-state index contributed by atoms with van der Waals surface area (Å²) < 4.78 is 13.3. The summed E-state index contributed by atoms with van der Waals surface area (Å²) in [5.74, 6) is -1.11. The lowest BCUT2D eigenvalue weighted by Crippen LogP contribution is -2.42. The molecule has 2 aliphatic heterocycles. The molecule has 1 aromatic carbocycles. The van der Waals surface area contributed by atoms with Crippen LogP contribution in [0, 0.1) is 5.82 Å². The number of rotatable bonds is 3. The number of carbonyl (C=O) groups is 3. The Labute approximate surface area is 149 Å². The van der Waals surface area contributed by atoms with Crippen LogP contribution in [0.4, 0.5) is 9.18 Å². The minimum absolute atomic E-state index is 0.198. The molecule has 2 aliphatic rings. The van der Waals surface area contributed by atoms with Gasteiger partial charge in [0.1, 0.15) is 12.4 Å². The summed E-state index contributed by atoms with van der Waals surface area (Å²) in [6.07, 6.45) is 5.58. The summed E-state index contributed by atoms with van der Waals surface area (Å²) in [6.45, 7) is 1.12. The first-order valence-electron chi connectivity index (χ1n) is 8.33. The van der Waals surface area contributed by atoms with E-state index in [-0.39, 0.29) is 17.4 Å². The highest BCUT2D eigenvalue weighted by Crippen LogP contribution is 2.32. The van der Waals surface area contributed by atoms with Gasteiger partial charge in [0.05, 0.1) is 4.91 Å². The molecule has 0 spiro atoms. The molecule has 1 aromatic rings. The largest absolute Gasteiger partial charge is 0.341 e. The SMILES string of the molecule is O=C(CN1C(=O)SC(=Cc2cccc(F)c2)C1=O)N1CCCCCC1. The van der Waals surface area contributed by atoms with Crippen molar-refractivity contribution in [1.29, 1.82) is 0 Å². The Kier molecular flexibility index (Phi) is 5.53. The number of imide groups is 1. The second-order valence-electron chi connectivity index (χ2n) is 6.12. The Bertz CT molecular complexity index is 727. The van der Waals surface area contributed by atoms with Crippen LogP contribution in [0.3, 0.4) is 0 Å². The number of carbonyl (C=O) groups excluding carboxylic acids is 3. The third-order valence-corrected chi connectivity index (χ3v) is 5.18. The molecule has 0 saturated carbocycles. The van der Waals surface area contributed by atoms with Gasteiger partial charge in [-0.15, -0.1) is 0 Å². The zero-order chi connectivity index (χ0) is 17.8. The van der Waals surface area contributed by atoms with Crippen LogP contribution in [-0.4, -0.2) is 46.5 Å². The van der Waals surface area contributed by atoms with Gasteiger partial charge >= 0.3 is 0 Å². The summed E-state index contributed by atoms with van der Waals surface area (Å²) in [5.41, 5.74) is 0.504. The normalized spacial score (nSPS) is 20.3. The average Bonchev–Trinajstić information content (AvgIpc) is 2.79. The van der Waals surface area contributed by atoms with Gasteiger partial charge in [-0.2, -0.15) is 0 Å². The zero-order valence-corrected chi connectivity index (χ0v) is 14.6. The molecule has 7 heteroatoms. The van der Waals surface area contributed by atoms with Gasteiger partial charge in [0.15, 0.2) is 0 Å². The van der Waals surface area contributed by atoms with Crippen molar-refractivity contribution in [3.63, 3.8) is 0 Å². The topological polar surface area (TPSA) is 57.7 Å². The van der Waals surface area contributed by atoms with Crippen LogP contribution in [0.15, 0.2) is 29.2 Å². The molecule has 3 rings (SSSR count). The van der Waals surface area contributed by atoms with E-state index in [0.717, 1.165) is 42.3 Å². The first kappa shape index (κ1) is 17.7. The van der Waals surface area contributed by atoms with Crippen LogP contribution >= 0.6 is 11.8 Å². The Balaban J connectivity index is 1.69. The van der Waals surface area contributed by atoms with E-state index < -0.39 is 17.0 Å². The van der Waals surface area contributed by atoms with Gasteiger partial charge in [0.2, 0.25) is 5.91 Å². The Morgan fingerprint density at radius 2 is 1.88 bits per heavy atom. The van der Waals surface area contributed by atoms with Crippen molar-refractivity contribution in [3.8, 4) is 0 Å². The van der Waals surface area contributed by atoms with Gasteiger partial charge in [-0.1, -0.05) is 25.0 Å². The van der Waals surface area contributed by atoms with E-state index in [4.69, 9.17) is 0 Å². The summed E-state index contributed by atoms with van der Waals surface area (Å²) in [6, 6.07) is 5.78. The van der Waals surface area contributed by atoms with Crippen molar-refractivity contribution in [2.24, 2.45) is 0 Å². The van der Waals surface area contributed by atoms with Crippen molar-refractivity contribution in [1.82, 2.24) is 9.80 Å². The lowest BCUT2D eigenvalue weighted by Gasteiger charge is -2.22. The molecule has 5 nitrogen and oxygen atoms in total. The third-order valence-electron chi connectivity index (χ3n) is 4.27. The number of nitrogens with zero attached hydrogens (tertiary/aromatic N) is 2. The number of hydrogen-bond donors (Lipinski definition) is 0. The molecule has 2 saturated heterocycles. The number of thioether (sulfide) groups is 1. The molecule has 0 atom stereocenters. The van der Waals surface area contributed by atoms with E-state index in [9.17, 15) is 18.8 Å². The number of hydrogen-bond acceptors (Lipinski definition) is 4. The average molecular weight is 362 g/mol. The molecule has 0 N–H and O–H groups in total. The molecular formula is C18H19FN2O3S. The number of likely N-dealkylation sites (tertiary alicyclic amines) is 1. The maximum Gasteiger partial charge on any atom is 0.294 e. The number of halogens is 1. The smallest absolute Gasteiger partial charge is 0.294 e. The van der Waals surface area contributed by atoms with E-state index in [1.807, 2.05) is 0 Å². The lowest BCUT2D eigenvalue weighted by atomic mass is 10.2. The third kappa shape index (κ3) is 4.28. The molecule has 0 unspecified atom stereocenters. The van der Waals surface area contributed by atoms with E-state index in [2.05, 4.69) is 0 Å². The van der Waals surface area contributed by atoms with Crippen molar-refractivity contribution in [2.75, 3.05) is 19.6 Å². The fraction of sp³-hybridized carbons (Fsp3) is 0.389. The van der Waals surface area contributed by atoms with Crippen LogP contribution in [0.2, 0.25) is 0 Å². The van der Waals surface area contributed by atoms with Crippen molar-refractivity contribution in [3.05, 3.63) is 40.6 Å². The van der Waals surface area contributed by atoms with Gasteiger partial charge in [-0.25, -0.2) is 4.39 Å². The first-order chi connectivity index (χ1) is 12.0. The van der Waals surface area contributed by atoms with Crippen molar-refractivity contribution >= 4 is 34.9 Å². The predicted molar refractivity (Wildman–Crippen MR) is 94.1 cm³/mol. The van der Waals surface area contributed by atoms with Crippen LogP contribution < -0.4 is 0 Å². The highest BCUT2D eigenvalue weighted by molar-refractivity contribution is 8.18. The fourth-order valence-electron chi connectivity index (χ4n) is 2.94. The molecular weight excluding hydrogens is 343 g/mol. The molecule has 0 aromatic heterocycles. The van der Waals surface area contributed by atoms with E-state index in [1.54, 1.807) is 11.0 Å². The lowest BCUT2D eigenvalue weighted by molar-refractivity contribution is -0.135. The van der Waals surface area contributed by atoms with Gasteiger partial charge in [-0.3, -0.25) is 19.3 Å². The fourth-order valence-corrected chi connectivity index (χ4v) is 3.78. The summed E-state index contributed by atoms with van der Waals surface area (Å²) >= 11 is 0.781. The molecule has 3 amide bonds. The van der Waals surface area contributed by atoms with Gasteiger partial charge in [-0.05, 0) is 48.4 Å². The molecule has 25 heavy (non-hydrogen) atoms. The molecule has 2 heterocycles. The minimum Gasteiger partial charge on any atom is -0.341 e. The van der Waals surface area contributed by atoms with E-state index >= 15 is 0 Å². The second-order valence-corrected chi connectivity index (χ2v) is 7.11. The minimum atomic E-state index is -0.498. The quantitative estimate of drug-likeness (QED) is 0.775. The molecule has 0 bridgehead atoms. The van der Waals surface area contributed by atoms with Crippen LogP contribution in [0.25, 0.3) is 6.08 Å². The summed E-state index contributed by atoms with van der Waals surface area (Å²) in [5, 5.41) is -0.462. The maximum absolute atomic E-state index is 13.3. The highest BCUT2D eigenvalue weighted by Gasteiger charge is 2.37. The number of amides is 3. The van der Waals surface area contributed by atoms with Crippen LogP contribution in [0.5, 0.6) is 0 Å². The predicted octanol–water partition coefficient (Wildman–Crippen LogP) is 3.26. The molecule has 0 aliphatic carbocycles. The summed E-state index contributed by atoms with van der Waals surface area (Å²) in [7, 11) is 0. The van der Waals surface area contributed by atoms with Crippen molar-refractivity contribution < 1.29 is 18.8 Å². The molecule has 0 radical (unpaired) electrons. The second kappa shape index (κ2) is 7.82. The van der Waals surface area contributed by atoms with Gasteiger partial charge in [0, 0.05) is 13.1 Å². The standard InChI is InChI=1S/C18H19FN2O3S/c19-14-7-5-6-13(10-14)11-15-17(23)21(18(24)25-15)12-16(22)20-8-3-1-2-4-9-20/h5-7,10-11H,1-4,8-9,12H2. The first-order valence-corrected chi connectivity index (χ1v) is 9.15. The van der Waals surface area contributed by atoms with Crippen LogP contribution in [0.1, 0.15) is 31.2 Å². The van der Waals surface area contributed by atoms with Crippen molar-refractivity contribution in [2.45, 2.75) is 25.7 Å². The Hall–Kier alpha value is -2.15. The van der Waals surface area contributed by atoms with E-state index in [1.165, 1.54) is 24.3 Å². The Morgan fingerprint density at radius 1 is 1.16 bits per heavy atom. The number of benzene rings is 1. The molecule has 132 valence electrons. The Morgan fingerprint density at radius 3 is 2.56 bits per heavy atom. The molecule has 2 fully saturated rings. The van der Waals surface area contributed by atoms with Crippen LogP contribution in [-0.2, 0) is 9.59 Å². The monoisotopic (exact) mass is 362 g/mol. The highest BCUT2D eigenvalue weighted by atomic mass is 32.2. The van der Waals surface area contributed by atoms with Gasteiger partial charge < -0.3 is 4.90 Å². The maximum atomic E-state index is 13.3. The zero-order valence-electron chi connectivity index (χ0n) is 13.7. The van der Waals surface area contributed by atoms with Gasteiger partial charge in [0.25, 0.3) is 11.1 Å². The van der Waals surface area contributed by atoms with E-state index in [0.29, 0.717) is 18.7 Å².